The van der Waals surface area contributed by atoms with Gasteiger partial charge < -0.3 is 14.1 Å². The SMILES string of the molecule is COc1ccc2occ(CC(C)N3CCN(c4cc(Cl)cc5cccnc45)CC3)c2c1. The molecule has 1 aliphatic heterocycles. The molecule has 160 valence electrons. The lowest BCUT2D eigenvalue weighted by Crippen LogP contribution is -2.50. The smallest absolute Gasteiger partial charge is 0.134 e. The predicted molar refractivity (Wildman–Crippen MR) is 126 cm³/mol. The Morgan fingerprint density at radius 1 is 1.13 bits per heavy atom. The number of fused-ring (bicyclic) bond motifs is 2. The maximum Gasteiger partial charge on any atom is 0.134 e. The fourth-order valence-corrected chi connectivity index (χ4v) is 4.80. The third-order valence-corrected chi connectivity index (χ3v) is 6.52. The molecule has 0 saturated carbocycles. The van der Waals surface area contributed by atoms with Gasteiger partial charge in [-0.05, 0) is 55.3 Å². The summed E-state index contributed by atoms with van der Waals surface area (Å²) in [6.07, 6.45) is 4.69. The number of nitrogens with zero attached hydrogens (tertiary/aromatic N) is 3. The first-order chi connectivity index (χ1) is 15.1. The Bertz CT molecular complexity index is 1210. The zero-order valence-corrected chi connectivity index (χ0v) is 18.6. The number of hydrogen-bond donors (Lipinski definition) is 0. The number of benzene rings is 2. The summed E-state index contributed by atoms with van der Waals surface area (Å²) in [6.45, 7) is 6.21. The van der Waals surface area contributed by atoms with Crippen molar-refractivity contribution in [2.75, 3.05) is 38.2 Å². The van der Waals surface area contributed by atoms with Gasteiger partial charge >= 0.3 is 0 Å². The lowest BCUT2D eigenvalue weighted by molar-refractivity contribution is 0.196. The van der Waals surface area contributed by atoms with Crippen LogP contribution < -0.4 is 9.64 Å². The van der Waals surface area contributed by atoms with E-state index in [1.165, 1.54) is 5.56 Å². The van der Waals surface area contributed by atoms with Gasteiger partial charge in [-0.2, -0.15) is 0 Å². The molecule has 0 radical (unpaired) electrons. The second kappa shape index (κ2) is 8.40. The largest absolute Gasteiger partial charge is 0.497 e. The first-order valence-electron chi connectivity index (χ1n) is 10.7. The second-order valence-corrected chi connectivity index (χ2v) is 8.64. The monoisotopic (exact) mass is 435 g/mol. The van der Waals surface area contributed by atoms with Crippen molar-refractivity contribution in [3.63, 3.8) is 0 Å². The molecule has 0 amide bonds. The Labute approximate surface area is 187 Å². The van der Waals surface area contributed by atoms with Gasteiger partial charge in [-0.15, -0.1) is 0 Å². The minimum absolute atomic E-state index is 0.420. The molecule has 1 saturated heterocycles. The van der Waals surface area contributed by atoms with E-state index in [0.29, 0.717) is 6.04 Å². The van der Waals surface area contributed by atoms with E-state index >= 15 is 0 Å². The standard InChI is InChI=1S/C25H26ClN3O2/c1-17(12-19-16-31-24-6-5-21(30-2)15-22(19)24)28-8-10-29(11-9-28)23-14-20(26)13-18-4-3-7-27-25(18)23/h3-7,13-17H,8-12H2,1-2H3. The number of rotatable bonds is 5. The first kappa shape index (κ1) is 20.2. The number of piperazine rings is 1. The van der Waals surface area contributed by atoms with Gasteiger partial charge in [0.15, 0.2) is 0 Å². The highest BCUT2D eigenvalue weighted by Crippen LogP contribution is 2.31. The average Bonchev–Trinajstić information content (AvgIpc) is 3.20. The van der Waals surface area contributed by atoms with Crippen LogP contribution in [-0.4, -0.2) is 49.2 Å². The first-order valence-corrected chi connectivity index (χ1v) is 11.1. The number of furan rings is 1. The van der Waals surface area contributed by atoms with Crippen LogP contribution in [0.15, 0.2) is 59.3 Å². The molecule has 1 aliphatic rings. The minimum atomic E-state index is 0.420. The summed E-state index contributed by atoms with van der Waals surface area (Å²) in [5.41, 5.74) is 4.29. The van der Waals surface area contributed by atoms with Gasteiger partial charge in [-0.1, -0.05) is 17.7 Å². The molecule has 5 rings (SSSR count). The van der Waals surface area contributed by atoms with E-state index in [4.69, 9.17) is 20.8 Å². The lowest BCUT2D eigenvalue weighted by atomic mass is 10.0. The highest BCUT2D eigenvalue weighted by atomic mass is 35.5. The molecule has 4 aromatic rings. The molecule has 0 spiro atoms. The van der Waals surface area contributed by atoms with Crippen molar-refractivity contribution in [1.29, 1.82) is 0 Å². The molecule has 3 heterocycles. The number of methoxy groups -OCH3 is 1. The van der Waals surface area contributed by atoms with Crippen LogP contribution in [-0.2, 0) is 6.42 Å². The van der Waals surface area contributed by atoms with Crippen LogP contribution in [0.2, 0.25) is 5.02 Å². The van der Waals surface area contributed by atoms with Gasteiger partial charge in [-0.25, -0.2) is 0 Å². The van der Waals surface area contributed by atoms with E-state index in [-0.39, 0.29) is 0 Å². The van der Waals surface area contributed by atoms with Crippen molar-refractivity contribution in [3.05, 3.63) is 65.5 Å². The fourth-order valence-electron chi connectivity index (χ4n) is 4.58. The second-order valence-electron chi connectivity index (χ2n) is 8.20. The molecule has 0 aliphatic carbocycles. The van der Waals surface area contributed by atoms with Crippen molar-refractivity contribution >= 4 is 39.2 Å². The number of pyridine rings is 1. The van der Waals surface area contributed by atoms with Crippen molar-refractivity contribution in [1.82, 2.24) is 9.88 Å². The molecular formula is C25H26ClN3O2. The predicted octanol–water partition coefficient (Wildman–Crippen LogP) is 5.40. The molecule has 1 atom stereocenters. The van der Waals surface area contributed by atoms with E-state index < -0.39 is 0 Å². The summed E-state index contributed by atoms with van der Waals surface area (Å²) in [7, 11) is 1.70. The van der Waals surface area contributed by atoms with Gasteiger partial charge in [0.05, 0.1) is 24.6 Å². The molecule has 1 unspecified atom stereocenters. The van der Waals surface area contributed by atoms with Gasteiger partial charge in [-0.3, -0.25) is 9.88 Å². The molecule has 0 bridgehead atoms. The maximum atomic E-state index is 6.39. The highest BCUT2D eigenvalue weighted by Gasteiger charge is 2.24. The zero-order chi connectivity index (χ0) is 21.4. The summed E-state index contributed by atoms with van der Waals surface area (Å²) < 4.78 is 11.2. The van der Waals surface area contributed by atoms with Crippen molar-refractivity contribution in [2.24, 2.45) is 0 Å². The van der Waals surface area contributed by atoms with Crippen LogP contribution in [0.3, 0.4) is 0 Å². The zero-order valence-electron chi connectivity index (χ0n) is 17.8. The van der Waals surface area contributed by atoms with Gasteiger partial charge in [0.25, 0.3) is 0 Å². The Morgan fingerprint density at radius 3 is 2.77 bits per heavy atom. The van der Waals surface area contributed by atoms with Gasteiger partial charge in [0.2, 0.25) is 0 Å². The summed E-state index contributed by atoms with van der Waals surface area (Å²) in [5.74, 6) is 0.860. The molecule has 2 aromatic heterocycles. The minimum Gasteiger partial charge on any atom is -0.497 e. The number of halogens is 1. The Kier molecular flexibility index (Phi) is 5.47. The van der Waals surface area contributed by atoms with Crippen LogP contribution in [0.5, 0.6) is 5.75 Å². The van der Waals surface area contributed by atoms with E-state index in [1.54, 1.807) is 7.11 Å². The van der Waals surface area contributed by atoms with Gasteiger partial charge in [0, 0.05) is 54.2 Å². The summed E-state index contributed by atoms with van der Waals surface area (Å²) in [6, 6.07) is 14.4. The molecule has 2 aromatic carbocycles. The maximum absolute atomic E-state index is 6.39. The normalized spacial score (nSPS) is 16.2. The Balaban J connectivity index is 1.29. The average molecular weight is 436 g/mol. The number of hydrogen-bond acceptors (Lipinski definition) is 5. The quantitative estimate of drug-likeness (QED) is 0.420. The number of ether oxygens (including phenoxy) is 1. The Hall–Kier alpha value is -2.76. The van der Waals surface area contributed by atoms with E-state index in [9.17, 15) is 0 Å². The number of aromatic nitrogens is 1. The third-order valence-electron chi connectivity index (χ3n) is 6.30. The summed E-state index contributed by atoms with van der Waals surface area (Å²) in [4.78, 5) is 9.57. The third kappa shape index (κ3) is 3.95. The van der Waals surface area contributed by atoms with Crippen LogP contribution in [0, 0.1) is 0 Å². The van der Waals surface area contributed by atoms with E-state index in [0.717, 1.165) is 70.9 Å². The molecule has 1 fully saturated rings. The van der Waals surface area contributed by atoms with Crippen molar-refractivity contribution in [2.45, 2.75) is 19.4 Å². The number of anilines is 1. The molecule has 5 nitrogen and oxygen atoms in total. The van der Waals surface area contributed by atoms with Crippen molar-refractivity contribution in [3.8, 4) is 5.75 Å². The van der Waals surface area contributed by atoms with Crippen LogP contribution in [0.25, 0.3) is 21.9 Å². The summed E-state index contributed by atoms with van der Waals surface area (Å²) >= 11 is 6.39. The van der Waals surface area contributed by atoms with Crippen LogP contribution >= 0.6 is 11.6 Å². The topological polar surface area (TPSA) is 41.7 Å². The highest BCUT2D eigenvalue weighted by molar-refractivity contribution is 6.31. The van der Waals surface area contributed by atoms with Crippen LogP contribution in [0.4, 0.5) is 5.69 Å². The van der Waals surface area contributed by atoms with Crippen molar-refractivity contribution < 1.29 is 9.15 Å². The molecule has 0 N–H and O–H groups in total. The van der Waals surface area contributed by atoms with Gasteiger partial charge in [0.1, 0.15) is 11.3 Å². The van der Waals surface area contributed by atoms with E-state index in [2.05, 4.69) is 33.8 Å². The fraction of sp³-hybridized carbons (Fsp3) is 0.320. The lowest BCUT2D eigenvalue weighted by Gasteiger charge is -2.39. The Morgan fingerprint density at radius 2 is 1.97 bits per heavy atom. The molecule has 31 heavy (non-hydrogen) atoms. The molecule has 6 heteroatoms. The van der Waals surface area contributed by atoms with E-state index in [1.807, 2.05) is 42.8 Å². The van der Waals surface area contributed by atoms with Crippen LogP contribution in [0.1, 0.15) is 12.5 Å². The molecular weight excluding hydrogens is 410 g/mol. The summed E-state index contributed by atoms with van der Waals surface area (Å²) in [5, 5.41) is 2.98.